The van der Waals surface area contributed by atoms with E-state index in [1.807, 2.05) is 115 Å². The minimum Gasteiger partial charge on any atom is -0.370 e. The van der Waals surface area contributed by atoms with Crippen molar-refractivity contribution >= 4 is 17.9 Å². The predicted octanol–water partition coefficient (Wildman–Crippen LogP) is 4.99. The van der Waals surface area contributed by atoms with Crippen LogP contribution in [0.3, 0.4) is 0 Å². The van der Waals surface area contributed by atoms with Crippen LogP contribution in [0.25, 0.3) is 0 Å². The Bertz CT molecular complexity index is 1410. The molecule has 0 aliphatic rings. The first-order valence-electron chi connectivity index (χ1n) is 13.3. The number of nitrogens with one attached hydrogen (secondary N) is 2. The third-order valence-electron chi connectivity index (χ3n) is 6.54. The van der Waals surface area contributed by atoms with Crippen LogP contribution in [-0.2, 0) is 30.8 Å². The highest BCUT2D eigenvalue weighted by Crippen LogP contribution is 2.21. The second-order valence-corrected chi connectivity index (χ2v) is 9.66. The van der Waals surface area contributed by atoms with Gasteiger partial charge in [0.2, 0.25) is 5.91 Å². The first-order valence-corrected chi connectivity index (χ1v) is 13.3. The summed E-state index contributed by atoms with van der Waals surface area (Å²) in [5, 5.41) is 5.74. The average Bonchev–Trinajstić information content (AvgIpc) is 2.99. The van der Waals surface area contributed by atoms with Crippen LogP contribution in [0.1, 0.15) is 33.7 Å². The van der Waals surface area contributed by atoms with Crippen molar-refractivity contribution in [1.82, 2.24) is 15.5 Å². The third kappa shape index (κ3) is 8.56. The number of carbonyl (C=O) groups excluding carboxylic acids is 2. The van der Waals surface area contributed by atoms with Gasteiger partial charge in [0, 0.05) is 20.1 Å². The number of hydrogen-bond donors (Lipinski definition) is 3. The lowest BCUT2D eigenvalue weighted by atomic mass is 9.91. The Morgan fingerprint density at radius 3 is 2.02 bits per heavy atom. The van der Waals surface area contributed by atoms with Gasteiger partial charge in [-0.2, -0.15) is 0 Å². The molecule has 1 atom stereocenters. The molecule has 0 aromatic heterocycles. The van der Waals surface area contributed by atoms with E-state index in [1.54, 1.807) is 11.9 Å². The second kappa shape index (κ2) is 14.3. The van der Waals surface area contributed by atoms with Crippen LogP contribution in [0.4, 0.5) is 4.79 Å². The van der Waals surface area contributed by atoms with Gasteiger partial charge in [0.15, 0.2) is 5.96 Å². The summed E-state index contributed by atoms with van der Waals surface area (Å²) in [7, 11) is 1.70. The van der Waals surface area contributed by atoms with E-state index < -0.39 is 0 Å². The summed E-state index contributed by atoms with van der Waals surface area (Å²) in [5.74, 6) is -0.264. The largest absolute Gasteiger partial charge is 0.370 e. The molecule has 1 unspecified atom stereocenters. The lowest BCUT2D eigenvalue weighted by Gasteiger charge is -2.18. The summed E-state index contributed by atoms with van der Waals surface area (Å²) < 4.78 is 0. The third-order valence-corrected chi connectivity index (χ3v) is 6.54. The molecule has 4 aromatic rings. The topological polar surface area (TPSA) is 99.8 Å². The minimum absolute atomic E-state index is 0.0231. The summed E-state index contributed by atoms with van der Waals surface area (Å²) in [6, 6.07) is 37.1. The van der Waals surface area contributed by atoms with Crippen molar-refractivity contribution in [3.8, 4) is 0 Å². The van der Waals surface area contributed by atoms with Gasteiger partial charge in [-0.15, -0.1) is 0 Å². The number of nitrogens with zero attached hydrogens (tertiary/aromatic N) is 2. The smallest absolute Gasteiger partial charge is 0.324 e. The van der Waals surface area contributed by atoms with Crippen molar-refractivity contribution in [1.29, 1.82) is 0 Å². The van der Waals surface area contributed by atoms with E-state index in [-0.39, 0.29) is 23.8 Å². The van der Waals surface area contributed by atoms with Crippen molar-refractivity contribution in [2.24, 2.45) is 10.7 Å². The number of carbonyl (C=O) groups is 2. The molecule has 7 nitrogen and oxygen atoms in total. The van der Waals surface area contributed by atoms with Gasteiger partial charge in [0.1, 0.15) is 0 Å². The molecule has 0 spiro atoms. The summed E-state index contributed by atoms with van der Waals surface area (Å²) in [6.07, 6.45) is 0.622. The zero-order valence-corrected chi connectivity index (χ0v) is 22.7. The maximum absolute atomic E-state index is 13.3. The first-order chi connectivity index (χ1) is 19.5. The van der Waals surface area contributed by atoms with Gasteiger partial charge in [0.05, 0.1) is 12.5 Å². The maximum atomic E-state index is 13.3. The SMILES string of the molecule is CN(Cc1ccccc1)C(=O)NC(N)=NCc1cccc(CNC(=O)C(Cc2ccccc2)c2ccccc2)c1. The van der Waals surface area contributed by atoms with Crippen molar-refractivity contribution in [3.05, 3.63) is 143 Å². The van der Waals surface area contributed by atoms with E-state index in [1.165, 1.54) is 0 Å². The Hall–Kier alpha value is -4.91. The number of amides is 3. The highest BCUT2D eigenvalue weighted by molar-refractivity contribution is 5.95. The second-order valence-electron chi connectivity index (χ2n) is 9.66. The normalized spacial score (nSPS) is 11.9. The maximum Gasteiger partial charge on any atom is 0.324 e. The molecule has 0 bridgehead atoms. The molecule has 204 valence electrons. The van der Waals surface area contributed by atoms with Crippen molar-refractivity contribution in [2.45, 2.75) is 32.0 Å². The van der Waals surface area contributed by atoms with E-state index in [9.17, 15) is 9.59 Å². The number of rotatable bonds is 10. The summed E-state index contributed by atoms with van der Waals surface area (Å²) in [6.45, 7) is 1.16. The minimum atomic E-state index is -0.329. The van der Waals surface area contributed by atoms with Gasteiger partial charge in [-0.3, -0.25) is 10.1 Å². The van der Waals surface area contributed by atoms with Crippen LogP contribution in [0, 0.1) is 0 Å². The van der Waals surface area contributed by atoms with Crippen molar-refractivity contribution < 1.29 is 9.59 Å². The molecular weight excluding hydrogens is 498 g/mol. The summed E-state index contributed by atoms with van der Waals surface area (Å²) in [4.78, 5) is 31.6. The number of aliphatic imine (C=N–C) groups is 1. The van der Waals surface area contributed by atoms with Gasteiger partial charge in [-0.25, -0.2) is 9.79 Å². The Morgan fingerprint density at radius 2 is 1.35 bits per heavy atom. The Kier molecular flexibility index (Phi) is 10.0. The van der Waals surface area contributed by atoms with E-state index in [0.29, 0.717) is 26.1 Å². The monoisotopic (exact) mass is 533 g/mol. The van der Waals surface area contributed by atoms with Gasteiger partial charge in [-0.05, 0) is 34.2 Å². The highest BCUT2D eigenvalue weighted by Gasteiger charge is 2.21. The number of guanidine groups is 1. The van der Waals surface area contributed by atoms with Crippen LogP contribution in [0.15, 0.2) is 120 Å². The first kappa shape index (κ1) is 28.1. The van der Waals surface area contributed by atoms with Crippen LogP contribution >= 0.6 is 0 Å². The average molecular weight is 534 g/mol. The van der Waals surface area contributed by atoms with Gasteiger partial charge in [0.25, 0.3) is 0 Å². The molecule has 40 heavy (non-hydrogen) atoms. The lowest BCUT2D eigenvalue weighted by molar-refractivity contribution is -0.122. The van der Waals surface area contributed by atoms with Crippen LogP contribution in [-0.4, -0.2) is 29.8 Å². The van der Waals surface area contributed by atoms with Crippen molar-refractivity contribution in [2.75, 3.05) is 7.05 Å². The molecule has 3 amide bonds. The highest BCUT2D eigenvalue weighted by atomic mass is 16.2. The molecule has 0 radical (unpaired) electrons. The lowest BCUT2D eigenvalue weighted by Crippen LogP contribution is -2.44. The number of benzene rings is 4. The van der Waals surface area contributed by atoms with E-state index in [0.717, 1.165) is 27.8 Å². The van der Waals surface area contributed by atoms with Crippen LogP contribution < -0.4 is 16.4 Å². The number of urea groups is 1. The predicted molar refractivity (Wildman–Crippen MR) is 159 cm³/mol. The summed E-state index contributed by atoms with van der Waals surface area (Å²) >= 11 is 0. The standard InChI is InChI=1S/C33H35N5O2/c1-38(24-26-14-7-3-8-15-26)33(40)37-32(34)36-23-28-17-11-16-27(20-28)22-35-31(39)30(29-18-9-4-10-19-29)21-25-12-5-2-6-13-25/h2-20,30H,21-24H2,1H3,(H,35,39)(H3,34,36,37,40). The number of hydrogen-bond acceptors (Lipinski definition) is 3. The van der Waals surface area contributed by atoms with Gasteiger partial charge >= 0.3 is 6.03 Å². The van der Waals surface area contributed by atoms with Crippen LogP contribution in [0.2, 0.25) is 0 Å². The Labute approximate surface area is 235 Å². The summed E-state index contributed by atoms with van der Waals surface area (Å²) in [5.41, 5.74) is 11.0. The van der Waals surface area contributed by atoms with Crippen molar-refractivity contribution in [3.63, 3.8) is 0 Å². The van der Waals surface area contributed by atoms with E-state index in [2.05, 4.69) is 15.6 Å². The molecule has 0 fully saturated rings. The molecule has 4 N–H and O–H groups in total. The molecule has 0 heterocycles. The fraction of sp³-hybridized carbons (Fsp3) is 0.182. The molecule has 4 rings (SSSR count). The van der Waals surface area contributed by atoms with E-state index in [4.69, 9.17) is 5.73 Å². The Balaban J connectivity index is 1.32. The molecule has 0 aliphatic heterocycles. The molecular formula is C33H35N5O2. The molecule has 4 aromatic carbocycles. The van der Waals surface area contributed by atoms with Crippen LogP contribution in [0.5, 0.6) is 0 Å². The fourth-order valence-corrected chi connectivity index (χ4v) is 4.40. The molecule has 0 saturated carbocycles. The Morgan fingerprint density at radius 1 is 0.775 bits per heavy atom. The fourth-order valence-electron chi connectivity index (χ4n) is 4.40. The zero-order chi connectivity index (χ0) is 28.2. The molecule has 7 heteroatoms. The quantitative estimate of drug-likeness (QED) is 0.198. The van der Waals surface area contributed by atoms with Gasteiger partial charge in [-0.1, -0.05) is 115 Å². The number of nitrogens with two attached hydrogens (primary N) is 1. The molecule has 0 saturated heterocycles. The molecule has 0 aliphatic carbocycles. The van der Waals surface area contributed by atoms with Gasteiger partial charge < -0.3 is 16.0 Å². The van der Waals surface area contributed by atoms with E-state index >= 15 is 0 Å². The zero-order valence-electron chi connectivity index (χ0n) is 22.7.